The van der Waals surface area contributed by atoms with Crippen molar-refractivity contribution in [3.05, 3.63) is 35.9 Å². The molecule has 0 aliphatic carbocycles. The first-order chi connectivity index (χ1) is 11.9. The third kappa shape index (κ3) is 6.54. The van der Waals surface area contributed by atoms with Gasteiger partial charge in [-0.05, 0) is 38.1 Å². The summed E-state index contributed by atoms with van der Waals surface area (Å²) in [6.45, 7) is 4.99. The second-order valence-corrected chi connectivity index (χ2v) is 5.86. The van der Waals surface area contributed by atoms with Gasteiger partial charge in [0.1, 0.15) is 12.1 Å². The third-order valence-electron chi connectivity index (χ3n) is 3.85. The van der Waals surface area contributed by atoms with Crippen LogP contribution in [0.25, 0.3) is 0 Å². The van der Waals surface area contributed by atoms with Crippen LogP contribution in [0.2, 0.25) is 0 Å². The quantitative estimate of drug-likeness (QED) is 0.562. The summed E-state index contributed by atoms with van der Waals surface area (Å²) in [6.07, 6.45) is 1.33. The molecule has 3 N–H and O–H groups in total. The van der Waals surface area contributed by atoms with E-state index in [1.54, 1.807) is 35.2 Å². The lowest BCUT2D eigenvalue weighted by molar-refractivity contribution is -0.145. The van der Waals surface area contributed by atoms with Crippen LogP contribution in [0.15, 0.2) is 30.3 Å². The number of carboxylic acids is 2. The number of rotatable bonds is 11. The van der Waals surface area contributed by atoms with Crippen molar-refractivity contribution in [3.63, 3.8) is 0 Å². The maximum absolute atomic E-state index is 12.2. The van der Waals surface area contributed by atoms with E-state index in [1.165, 1.54) is 0 Å². The number of nitrogens with zero attached hydrogens (tertiary/aromatic N) is 1. The molecule has 138 valence electrons. The van der Waals surface area contributed by atoms with E-state index < -0.39 is 29.9 Å². The van der Waals surface area contributed by atoms with Crippen LogP contribution in [0.5, 0.6) is 0 Å². The first kappa shape index (κ1) is 20.6. The molecule has 7 nitrogen and oxygen atoms in total. The van der Waals surface area contributed by atoms with E-state index in [0.717, 1.165) is 12.8 Å². The Hall–Kier alpha value is -2.41. The van der Waals surface area contributed by atoms with Gasteiger partial charge in [-0.15, -0.1) is 0 Å². The molecule has 0 aliphatic rings. The topological polar surface area (TPSA) is 107 Å². The Labute approximate surface area is 147 Å². The van der Waals surface area contributed by atoms with Crippen molar-refractivity contribution in [2.75, 3.05) is 13.1 Å². The monoisotopic (exact) mass is 350 g/mol. The van der Waals surface area contributed by atoms with Crippen LogP contribution >= 0.6 is 0 Å². The summed E-state index contributed by atoms with van der Waals surface area (Å²) in [4.78, 5) is 37.1. The number of benzene rings is 1. The molecule has 0 aliphatic heterocycles. The van der Waals surface area contributed by atoms with E-state index in [1.807, 2.05) is 13.8 Å². The highest BCUT2D eigenvalue weighted by atomic mass is 16.4. The number of aliphatic carboxylic acids is 2. The van der Waals surface area contributed by atoms with E-state index in [4.69, 9.17) is 0 Å². The van der Waals surface area contributed by atoms with Crippen molar-refractivity contribution in [1.82, 2.24) is 10.2 Å². The molecule has 0 bridgehead atoms. The predicted molar refractivity (Wildman–Crippen MR) is 93.5 cm³/mol. The molecule has 0 saturated carbocycles. The van der Waals surface area contributed by atoms with Crippen molar-refractivity contribution < 1.29 is 24.6 Å². The Balaban J connectivity index is 2.90. The third-order valence-corrected chi connectivity index (χ3v) is 3.85. The summed E-state index contributed by atoms with van der Waals surface area (Å²) < 4.78 is 0. The molecule has 1 amide bonds. The first-order valence-corrected chi connectivity index (χ1v) is 8.46. The Morgan fingerprint density at radius 2 is 1.56 bits per heavy atom. The number of carboxylic acid groups (broad SMARTS) is 2. The zero-order chi connectivity index (χ0) is 18.8. The number of carbonyl (C=O) groups excluding carboxylic acids is 1. The molecule has 1 rings (SSSR count). The van der Waals surface area contributed by atoms with Gasteiger partial charge >= 0.3 is 11.9 Å². The fourth-order valence-electron chi connectivity index (χ4n) is 2.68. The highest BCUT2D eigenvalue weighted by Gasteiger charge is 2.32. The number of hydrogen-bond acceptors (Lipinski definition) is 4. The van der Waals surface area contributed by atoms with Gasteiger partial charge in [0, 0.05) is 12.0 Å². The molecule has 0 spiro atoms. The zero-order valence-corrected chi connectivity index (χ0v) is 14.6. The van der Waals surface area contributed by atoms with E-state index in [9.17, 15) is 24.6 Å². The van der Waals surface area contributed by atoms with Gasteiger partial charge in [-0.2, -0.15) is 0 Å². The average Bonchev–Trinajstić information content (AvgIpc) is 2.58. The van der Waals surface area contributed by atoms with Crippen molar-refractivity contribution in [3.8, 4) is 0 Å². The first-order valence-electron chi connectivity index (χ1n) is 8.46. The van der Waals surface area contributed by atoms with Crippen molar-refractivity contribution >= 4 is 17.8 Å². The Bertz CT molecular complexity index is 570. The minimum atomic E-state index is -1.27. The Morgan fingerprint density at radius 3 is 2.00 bits per heavy atom. The smallest absolute Gasteiger partial charge is 0.326 e. The summed E-state index contributed by atoms with van der Waals surface area (Å²) in [5, 5.41) is 21.4. The number of carbonyl (C=O) groups is 3. The van der Waals surface area contributed by atoms with Crippen LogP contribution in [-0.4, -0.2) is 58.1 Å². The predicted octanol–water partition coefficient (Wildman–Crippen LogP) is 1.83. The normalized spacial score (nSPS) is 13.2. The largest absolute Gasteiger partial charge is 0.480 e. The SMILES string of the molecule is CCCN(CCC)C(CC(NC(=O)c1ccccc1)C(=O)O)C(=O)O. The minimum absolute atomic E-state index is 0.191. The second-order valence-electron chi connectivity index (χ2n) is 5.86. The number of nitrogens with one attached hydrogen (secondary N) is 1. The molecular formula is C18H26N2O5. The minimum Gasteiger partial charge on any atom is -0.480 e. The van der Waals surface area contributed by atoms with E-state index in [2.05, 4.69) is 5.32 Å². The fraction of sp³-hybridized carbons (Fsp3) is 0.500. The summed E-state index contributed by atoms with van der Waals surface area (Å²) in [6, 6.07) is 6.01. The molecule has 2 atom stereocenters. The molecule has 25 heavy (non-hydrogen) atoms. The van der Waals surface area contributed by atoms with Gasteiger partial charge in [0.05, 0.1) is 0 Å². The van der Waals surface area contributed by atoms with Crippen LogP contribution in [0.1, 0.15) is 43.5 Å². The van der Waals surface area contributed by atoms with Gasteiger partial charge in [0.2, 0.25) is 0 Å². The lowest BCUT2D eigenvalue weighted by atomic mass is 10.0. The van der Waals surface area contributed by atoms with Crippen LogP contribution < -0.4 is 5.32 Å². The molecule has 1 aromatic carbocycles. The van der Waals surface area contributed by atoms with Crippen LogP contribution in [0.4, 0.5) is 0 Å². The average molecular weight is 350 g/mol. The Morgan fingerprint density at radius 1 is 1.00 bits per heavy atom. The molecular weight excluding hydrogens is 324 g/mol. The fourth-order valence-corrected chi connectivity index (χ4v) is 2.68. The zero-order valence-electron chi connectivity index (χ0n) is 14.6. The summed E-state index contributed by atoms with van der Waals surface area (Å²) in [5.74, 6) is -2.86. The van der Waals surface area contributed by atoms with Crippen LogP contribution in [-0.2, 0) is 9.59 Å². The molecule has 0 fully saturated rings. The van der Waals surface area contributed by atoms with Crippen molar-refractivity contribution in [1.29, 1.82) is 0 Å². The second kappa shape index (κ2) is 10.5. The summed E-state index contributed by atoms with van der Waals surface area (Å²) in [7, 11) is 0. The van der Waals surface area contributed by atoms with E-state index in [-0.39, 0.29) is 6.42 Å². The lowest BCUT2D eigenvalue weighted by Gasteiger charge is -2.30. The van der Waals surface area contributed by atoms with Gasteiger partial charge in [-0.25, -0.2) is 4.79 Å². The molecule has 0 saturated heterocycles. The molecule has 0 heterocycles. The summed E-state index contributed by atoms with van der Waals surface area (Å²) in [5.41, 5.74) is 0.333. The van der Waals surface area contributed by atoms with Crippen LogP contribution in [0.3, 0.4) is 0 Å². The van der Waals surface area contributed by atoms with Crippen molar-refractivity contribution in [2.24, 2.45) is 0 Å². The Kier molecular flexibility index (Phi) is 8.63. The highest BCUT2D eigenvalue weighted by molar-refractivity contribution is 5.96. The number of amides is 1. The maximum atomic E-state index is 12.2. The number of hydrogen-bond donors (Lipinski definition) is 3. The highest BCUT2D eigenvalue weighted by Crippen LogP contribution is 2.11. The maximum Gasteiger partial charge on any atom is 0.326 e. The summed E-state index contributed by atoms with van der Waals surface area (Å²) >= 11 is 0. The van der Waals surface area contributed by atoms with Gasteiger partial charge in [-0.3, -0.25) is 14.5 Å². The van der Waals surface area contributed by atoms with Gasteiger partial charge in [0.25, 0.3) is 5.91 Å². The molecule has 0 aromatic heterocycles. The van der Waals surface area contributed by atoms with E-state index in [0.29, 0.717) is 18.7 Å². The van der Waals surface area contributed by atoms with Gasteiger partial charge < -0.3 is 15.5 Å². The van der Waals surface area contributed by atoms with Crippen LogP contribution in [0, 0.1) is 0 Å². The molecule has 2 unspecified atom stereocenters. The molecule has 0 radical (unpaired) electrons. The van der Waals surface area contributed by atoms with Crippen molar-refractivity contribution in [2.45, 2.75) is 45.2 Å². The standard InChI is InChI=1S/C18H26N2O5/c1-3-10-20(11-4-2)15(18(24)25)12-14(17(22)23)19-16(21)13-8-6-5-7-9-13/h5-9,14-15H,3-4,10-12H2,1-2H3,(H,19,21)(H,22,23)(H,24,25). The molecule has 7 heteroatoms. The molecule has 1 aromatic rings. The van der Waals surface area contributed by atoms with E-state index >= 15 is 0 Å². The van der Waals surface area contributed by atoms with Gasteiger partial charge in [-0.1, -0.05) is 32.0 Å². The lowest BCUT2D eigenvalue weighted by Crippen LogP contribution is -2.50. The van der Waals surface area contributed by atoms with Gasteiger partial charge in [0.15, 0.2) is 0 Å².